The minimum absolute atomic E-state index is 0. The number of benzene rings is 3. The summed E-state index contributed by atoms with van der Waals surface area (Å²) in [7, 11) is 0. The van der Waals surface area contributed by atoms with E-state index in [1.165, 1.54) is 49.1 Å². The highest BCUT2D eigenvalue weighted by molar-refractivity contribution is 5.95. The van der Waals surface area contributed by atoms with E-state index in [0.717, 1.165) is 16.7 Å². The van der Waals surface area contributed by atoms with E-state index in [1.54, 1.807) is 48.5 Å². The van der Waals surface area contributed by atoms with Crippen LogP contribution in [0.25, 0.3) is 4.85 Å². The van der Waals surface area contributed by atoms with Crippen molar-refractivity contribution in [2.45, 2.75) is 19.5 Å². The molecule has 5 N–H and O–H groups in total. The van der Waals surface area contributed by atoms with Gasteiger partial charge in [0.15, 0.2) is 5.69 Å². The average molecular weight is 672 g/mol. The van der Waals surface area contributed by atoms with E-state index in [1.807, 2.05) is 0 Å². The van der Waals surface area contributed by atoms with Crippen molar-refractivity contribution < 1.29 is 23.2 Å². The Kier molecular flexibility index (Phi) is 13.5. The number of carbonyl (C=O) groups excluding carboxylic acids is 3. The number of amides is 3. The predicted octanol–water partition coefficient (Wildman–Crippen LogP) is 4.83. The van der Waals surface area contributed by atoms with Gasteiger partial charge in [-0.15, -0.1) is 12.4 Å². The molecule has 5 rings (SSSR count). The van der Waals surface area contributed by atoms with Crippen LogP contribution in [0.4, 0.5) is 26.1 Å². The Morgan fingerprint density at radius 1 is 0.688 bits per heavy atom. The summed E-state index contributed by atoms with van der Waals surface area (Å²) in [4.78, 5) is 54.8. The minimum Gasteiger partial charge on any atom is -0.384 e. The number of rotatable bonds is 9. The maximum Gasteiger partial charge on any atom is 0.270 e. The SMILES string of the molecule is Cl.Nc1cc(C(=O)NCc2ccc(F)cc2)ncn1.[C-]#[N+]c1ccc(CC(=O)Nc2cc(C(=O)NCc3ccc(F)cc3)ncn2)cc1. The Balaban J connectivity index is 0.000000283. The molecule has 0 saturated carbocycles. The molecule has 3 amide bonds. The van der Waals surface area contributed by atoms with Crippen LogP contribution in [-0.2, 0) is 24.3 Å². The molecule has 3 aromatic carbocycles. The number of halogens is 3. The van der Waals surface area contributed by atoms with Crippen molar-refractivity contribution in [3.05, 3.63) is 149 Å². The smallest absolute Gasteiger partial charge is 0.270 e. The lowest BCUT2D eigenvalue weighted by atomic mass is 10.1. The van der Waals surface area contributed by atoms with Gasteiger partial charge < -0.3 is 21.7 Å². The largest absolute Gasteiger partial charge is 0.384 e. The van der Waals surface area contributed by atoms with E-state index in [4.69, 9.17) is 12.3 Å². The van der Waals surface area contributed by atoms with Crippen LogP contribution >= 0.6 is 12.4 Å². The van der Waals surface area contributed by atoms with Crippen molar-refractivity contribution in [3.63, 3.8) is 0 Å². The number of carbonyl (C=O) groups is 3. The van der Waals surface area contributed by atoms with Crippen molar-refractivity contribution in [1.82, 2.24) is 30.6 Å². The first-order valence-corrected chi connectivity index (χ1v) is 13.9. The molecular formula is C33H28ClF2N9O3. The Labute approximate surface area is 280 Å². The fraction of sp³-hybridized carbons (Fsp3) is 0.0909. The molecule has 0 saturated heterocycles. The molecule has 0 atom stereocenters. The molecule has 12 nitrogen and oxygen atoms in total. The molecule has 0 fully saturated rings. The molecule has 5 aromatic rings. The van der Waals surface area contributed by atoms with Gasteiger partial charge in [0.05, 0.1) is 13.0 Å². The third-order valence-corrected chi connectivity index (χ3v) is 6.25. The second kappa shape index (κ2) is 18.0. The van der Waals surface area contributed by atoms with Crippen molar-refractivity contribution in [2.75, 3.05) is 11.1 Å². The third kappa shape index (κ3) is 11.5. The molecular weight excluding hydrogens is 644 g/mol. The van der Waals surface area contributed by atoms with Crippen LogP contribution < -0.4 is 21.7 Å². The zero-order valence-electron chi connectivity index (χ0n) is 25.1. The van der Waals surface area contributed by atoms with Gasteiger partial charge in [0, 0.05) is 25.2 Å². The highest BCUT2D eigenvalue weighted by Gasteiger charge is 2.11. The van der Waals surface area contributed by atoms with Gasteiger partial charge in [-0.2, -0.15) is 0 Å². The summed E-state index contributed by atoms with van der Waals surface area (Å²) < 4.78 is 25.6. The topological polar surface area (TPSA) is 169 Å². The molecule has 0 aliphatic rings. The summed E-state index contributed by atoms with van der Waals surface area (Å²) in [5.41, 5.74) is 8.53. The monoisotopic (exact) mass is 671 g/mol. The summed E-state index contributed by atoms with van der Waals surface area (Å²) in [5, 5.41) is 7.95. The minimum atomic E-state index is -0.443. The summed E-state index contributed by atoms with van der Waals surface area (Å²) in [6, 6.07) is 21.1. The van der Waals surface area contributed by atoms with Gasteiger partial charge in [0.1, 0.15) is 47.3 Å². The quantitative estimate of drug-likeness (QED) is 0.162. The van der Waals surface area contributed by atoms with Crippen molar-refractivity contribution in [2.24, 2.45) is 0 Å². The molecule has 48 heavy (non-hydrogen) atoms. The van der Waals surface area contributed by atoms with Gasteiger partial charge in [-0.3, -0.25) is 14.4 Å². The summed E-state index contributed by atoms with van der Waals surface area (Å²) in [6.45, 7) is 7.44. The molecule has 0 unspecified atom stereocenters. The van der Waals surface area contributed by atoms with E-state index in [2.05, 4.69) is 40.7 Å². The van der Waals surface area contributed by atoms with E-state index >= 15 is 0 Å². The number of aromatic nitrogens is 4. The second-order valence-electron chi connectivity index (χ2n) is 9.74. The highest BCUT2D eigenvalue weighted by atomic mass is 35.5. The van der Waals surface area contributed by atoms with Crippen LogP contribution in [0.2, 0.25) is 0 Å². The maximum absolute atomic E-state index is 12.9. The van der Waals surface area contributed by atoms with Crippen LogP contribution in [0, 0.1) is 18.2 Å². The van der Waals surface area contributed by atoms with Crippen LogP contribution in [0.1, 0.15) is 37.7 Å². The van der Waals surface area contributed by atoms with Crippen LogP contribution in [0.3, 0.4) is 0 Å². The fourth-order valence-electron chi connectivity index (χ4n) is 3.86. The van der Waals surface area contributed by atoms with Crippen molar-refractivity contribution in [1.29, 1.82) is 0 Å². The average Bonchev–Trinajstić information content (AvgIpc) is 3.08. The number of nitrogens with two attached hydrogens (primary N) is 1. The maximum atomic E-state index is 12.9. The molecule has 0 spiro atoms. The molecule has 0 bridgehead atoms. The highest BCUT2D eigenvalue weighted by Crippen LogP contribution is 2.14. The lowest BCUT2D eigenvalue weighted by Gasteiger charge is -2.07. The Morgan fingerprint density at radius 3 is 1.67 bits per heavy atom. The standard InChI is InChI=1S/C21H16FN5O2.C12H11FN4O.ClH/c1-23-17-8-4-14(5-9-17)10-20(28)27-19-11-18(25-13-26-19)21(29)24-12-15-2-6-16(22)7-3-15;13-9-3-1-8(2-4-9)6-15-12(18)10-5-11(14)17-7-16-10;/h2-9,11,13H,10,12H2,(H,24,29)(H,25,26,27,28);1-5,7H,6H2,(H,15,18)(H2,14,16,17);1H. The lowest BCUT2D eigenvalue weighted by Crippen LogP contribution is -2.24. The molecule has 15 heteroatoms. The molecule has 2 aromatic heterocycles. The zero-order chi connectivity index (χ0) is 33.6. The van der Waals surface area contributed by atoms with Crippen LogP contribution in [0.5, 0.6) is 0 Å². The van der Waals surface area contributed by atoms with Crippen LogP contribution in [-0.4, -0.2) is 37.7 Å². The van der Waals surface area contributed by atoms with Gasteiger partial charge >= 0.3 is 0 Å². The van der Waals surface area contributed by atoms with Crippen molar-refractivity contribution in [3.8, 4) is 0 Å². The van der Waals surface area contributed by atoms with Crippen LogP contribution in [0.15, 0.2) is 97.6 Å². The van der Waals surface area contributed by atoms with Gasteiger partial charge in [0.25, 0.3) is 11.8 Å². The first-order chi connectivity index (χ1) is 22.7. The fourth-order valence-corrected chi connectivity index (χ4v) is 3.86. The Bertz CT molecular complexity index is 1890. The van der Waals surface area contributed by atoms with E-state index < -0.39 is 5.91 Å². The van der Waals surface area contributed by atoms with Crippen molar-refractivity contribution >= 4 is 47.5 Å². The number of nitrogen functional groups attached to an aromatic ring is 1. The van der Waals surface area contributed by atoms with E-state index in [9.17, 15) is 23.2 Å². The zero-order valence-corrected chi connectivity index (χ0v) is 25.9. The number of hydrogen-bond donors (Lipinski definition) is 4. The Hall–Kier alpha value is -6.33. The second-order valence-corrected chi connectivity index (χ2v) is 9.74. The molecule has 0 radical (unpaired) electrons. The summed E-state index contributed by atoms with van der Waals surface area (Å²) in [5.74, 6) is -1.33. The van der Waals surface area contributed by atoms with Gasteiger partial charge in [-0.1, -0.05) is 48.5 Å². The number of nitrogens with zero attached hydrogens (tertiary/aromatic N) is 5. The first-order valence-electron chi connectivity index (χ1n) is 13.9. The molecule has 0 aliphatic carbocycles. The molecule has 2 heterocycles. The number of anilines is 2. The summed E-state index contributed by atoms with van der Waals surface area (Å²) >= 11 is 0. The predicted molar refractivity (Wildman–Crippen MR) is 176 cm³/mol. The van der Waals surface area contributed by atoms with Gasteiger partial charge in [-0.05, 0) is 41.0 Å². The normalized spacial score (nSPS) is 9.85. The van der Waals surface area contributed by atoms with E-state index in [0.29, 0.717) is 12.2 Å². The third-order valence-electron chi connectivity index (χ3n) is 6.25. The Morgan fingerprint density at radius 2 is 1.17 bits per heavy atom. The lowest BCUT2D eigenvalue weighted by molar-refractivity contribution is -0.115. The number of nitrogens with one attached hydrogen (secondary N) is 3. The molecule has 244 valence electrons. The summed E-state index contributed by atoms with van der Waals surface area (Å²) in [6.07, 6.45) is 2.52. The van der Waals surface area contributed by atoms with Gasteiger partial charge in [-0.25, -0.2) is 33.6 Å². The first kappa shape index (κ1) is 36.1. The molecule has 0 aliphatic heterocycles. The number of hydrogen-bond acceptors (Lipinski definition) is 8. The van der Waals surface area contributed by atoms with Gasteiger partial charge in [0.2, 0.25) is 5.91 Å². The van der Waals surface area contributed by atoms with E-state index in [-0.39, 0.29) is 71.8 Å².